The first kappa shape index (κ1) is 15.5. The number of anilines is 1. The van der Waals surface area contributed by atoms with Gasteiger partial charge in [-0.25, -0.2) is 0 Å². The van der Waals surface area contributed by atoms with Gasteiger partial charge in [-0.2, -0.15) is 0 Å². The molecule has 1 atom stereocenters. The second-order valence-electron chi connectivity index (χ2n) is 6.90. The molecule has 1 saturated heterocycles. The highest BCUT2D eigenvalue weighted by molar-refractivity contribution is 5.94. The number of carbonyl (C=O) groups excluding carboxylic acids is 1. The molecule has 0 bridgehead atoms. The van der Waals surface area contributed by atoms with Gasteiger partial charge < -0.3 is 10.2 Å². The molecule has 2 aliphatic rings. The van der Waals surface area contributed by atoms with E-state index >= 15 is 0 Å². The number of hydrogen-bond donors (Lipinski definition) is 1. The van der Waals surface area contributed by atoms with Gasteiger partial charge in [0.1, 0.15) is 0 Å². The third-order valence-corrected chi connectivity index (χ3v) is 5.35. The van der Waals surface area contributed by atoms with E-state index < -0.39 is 0 Å². The van der Waals surface area contributed by atoms with Crippen LogP contribution < -0.4 is 10.2 Å². The maximum absolute atomic E-state index is 12.9. The molecule has 2 heterocycles. The number of carbonyl (C=O) groups is 1. The molecule has 0 aliphatic carbocycles. The molecule has 0 saturated carbocycles. The lowest BCUT2D eigenvalue weighted by atomic mass is 9.84. The standard InChI is InChI=1S/C19H28N2O/c1-15(16-9-11-20-12-10-16)14-19(22)21-13-5-4-7-17-6-2-3-8-18(17)21/h2-3,6,8,15-16,20H,4-5,7,9-14H2,1H3. The maximum Gasteiger partial charge on any atom is 0.227 e. The first-order valence-electron chi connectivity index (χ1n) is 8.84. The Kier molecular flexibility index (Phi) is 5.14. The van der Waals surface area contributed by atoms with Crippen molar-refractivity contribution in [2.24, 2.45) is 11.8 Å². The fourth-order valence-electron chi connectivity index (χ4n) is 3.92. The molecule has 3 nitrogen and oxygen atoms in total. The summed E-state index contributed by atoms with van der Waals surface area (Å²) in [6.07, 6.45) is 6.52. The van der Waals surface area contributed by atoms with Crippen LogP contribution >= 0.6 is 0 Å². The topological polar surface area (TPSA) is 32.3 Å². The highest BCUT2D eigenvalue weighted by Gasteiger charge is 2.26. The highest BCUT2D eigenvalue weighted by atomic mass is 16.2. The van der Waals surface area contributed by atoms with Crippen LogP contribution in [0.2, 0.25) is 0 Å². The molecule has 1 unspecified atom stereocenters. The number of hydrogen-bond acceptors (Lipinski definition) is 2. The average Bonchev–Trinajstić information content (AvgIpc) is 2.78. The van der Waals surface area contributed by atoms with Gasteiger partial charge in [0.15, 0.2) is 0 Å². The van der Waals surface area contributed by atoms with E-state index in [0.29, 0.717) is 24.2 Å². The number of aryl methyl sites for hydroxylation is 1. The van der Waals surface area contributed by atoms with Crippen molar-refractivity contribution in [2.75, 3.05) is 24.5 Å². The normalized spacial score (nSPS) is 21.0. The molecule has 0 radical (unpaired) electrons. The lowest BCUT2D eigenvalue weighted by molar-refractivity contribution is -0.119. The van der Waals surface area contributed by atoms with Gasteiger partial charge in [-0.15, -0.1) is 0 Å². The number of fused-ring (bicyclic) bond motifs is 1. The van der Waals surface area contributed by atoms with Crippen molar-refractivity contribution in [3.63, 3.8) is 0 Å². The Morgan fingerprint density at radius 3 is 2.86 bits per heavy atom. The number of para-hydroxylation sites is 1. The summed E-state index contributed by atoms with van der Waals surface area (Å²) in [5.74, 6) is 1.51. The number of benzene rings is 1. The van der Waals surface area contributed by atoms with Crippen LogP contribution in [-0.2, 0) is 11.2 Å². The lowest BCUT2D eigenvalue weighted by Crippen LogP contribution is -2.36. The second-order valence-corrected chi connectivity index (χ2v) is 6.90. The summed E-state index contributed by atoms with van der Waals surface area (Å²) >= 11 is 0. The van der Waals surface area contributed by atoms with Gasteiger partial charge in [-0.3, -0.25) is 4.79 Å². The summed E-state index contributed by atoms with van der Waals surface area (Å²) in [6.45, 7) is 5.36. The molecule has 1 aromatic rings. The highest BCUT2D eigenvalue weighted by Crippen LogP contribution is 2.29. The molecule has 1 fully saturated rings. The zero-order valence-corrected chi connectivity index (χ0v) is 13.7. The van der Waals surface area contributed by atoms with Crippen molar-refractivity contribution < 1.29 is 4.79 Å². The van der Waals surface area contributed by atoms with Gasteiger partial charge in [0, 0.05) is 18.7 Å². The summed E-state index contributed by atoms with van der Waals surface area (Å²) in [6, 6.07) is 8.44. The van der Waals surface area contributed by atoms with E-state index in [1.807, 2.05) is 0 Å². The lowest BCUT2D eigenvalue weighted by Gasteiger charge is -2.30. The number of nitrogens with zero attached hydrogens (tertiary/aromatic N) is 1. The molecule has 120 valence electrons. The molecule has 1 aromatic carbocycles. The summed E-state index contributed by atoms with van der Waals surface area (Å²) in [5.41, 5.74) is 2.49. The van der Waals surface area contributed by atoms with Crippen molar-refractivity contribution in [3.05, 3.63) is 29.8 Å². The van der Waals surface area contributed by atoms with Crippen molar-refractivity contribution >= 4 is 11.6 Å². The quantitative estimate of drug-likeness (QED) is 0.928. The minimum Gasteiger partial charge on any atom is -0.317 e. The Morgan fingerprint density at radius 2 is 2.05 bits per heavy atom. The first-order chi connectivity index (χ1) is 10.8. The smallest absolute Gasteiger partial charge is 0.227 e. The minimum atomic E-state index is 0.320. The van der Waals surface area contributed by atoms with E-state index in [0.717, 1.165) is 38.2 Å². The van der Waals surface area contributed by atoms with Crippen LogP contribution in [0.4, 0.5) is 5.69 Å². The van der Waals surface area contributed by atoms with Crippen LogP contribution in [0.3, 0.4) is 0 Å². The van der Waals surface area contributed by atoms with Crippen molar-refractivity contribution in [1.29, 1.82) is 0 Å². The van der Waals surface area contributed by atoms with Crippen LogP contribution in [0.25, 0.3) is 0 Å². The molecule has 3 rings (SSSR count). The van der Waals surface area contributed by atoms with E-state index in [2.05, 4.69) is 41.4 Å². The summed E-state index contributed by atoms with van der Waals surface area (Å²) in [5, 5.41) is 3.41. The van der Waals surface area contributed by atoms with Gasteiger partial charge in [-0.1, -0.05) is 25.1 Å². The molecular weight excluding hydrogens is 272 g/mol. The number of rotatable bonds is 3. The van der Waals surface area contributed by atoms with E-state index in [1.54, 1.807) is 0 Å². The Hall–Kier alpha value is -1.35. The van der Waals surface area contributed by atoms with E-state index in [9.17, 15) is 4.79 Å². The van der Waals surface area contributed by atoms with E-state index in [-0.39, 0.29) is 0 Å². The molecule has 2 aliphatic heterocycles. The van der Waals surface area contributed by atoms with Crippen LogP contribution in [0, 0.1) is 11.8 Å². The zero-order valence-electron chi connectivity index (χ0n) is 13.7. The Balaban J connectivity index is 1.68. The fraction of sp³-hybridized carbons (Fsp3) is 0.632. The molecular formula is C19H28N2O. The van der Waals surface area contributed by atoms with Crippen molar-refractivity contribution in [2.45, 2.75) is 45.4 Å². The summed E-state index contributed by atoms with van der Waals surface area (Å²) in [7, 11) is 0. The summed E-state index contributed by atoms with van der Waals surface area (Å²) in [4.78, 5) is 14.9. The SMILES string of the molecule is CC(CC(=O)N1CCCCc2ccccc21)C1CCNCC1. The van der Waals surface area contributed by atoms with E-state index in [1.165, 1.54) is 24.8 Å². The number of nitrogens with one attached hydrogen (secondary N) is 1. The van der Waals surface area contributed by atoms with Crippen molar-refractivity contribution in [3.8, 4) is 0 Å². The first-order valence-corrected chi connectivity index (χ1v) is 8.84. The summed E-state index contributed by atoms with van der Waals surface area (Å²) < 4.78 is 0. The molecule has 3 heteroatoms. The van der Waals surface area contributed by atoms with Crippen LogP contribution in [-0.4, -0.2) is 25.5 Å². The van der Waals surface area contributed by atoms with Crippen molar-refractivity contribution in [1.82, 2.24) is 5.32 Å². The predicted octanol–water partition coefficient (Wildman–Crippen LogP) is 3.38. The Morgan fingerprint density at radius 1 is 1.27 bits per heavy atom. The third kappa shape index (κ3) is 3.52. The molecule has 1 amide bonds. The largest absolute Gasteiger partial charge is 0.317 e. The van der Waals surface area contributed by atoms with Gasteiger partial charge in [0.25, 0.3) is 0 Å². The molecule has 0 aromatic heterocycles. The van der Waals surface area contributed by atoms with Gasteiger partial charge in [0.05, 0.1) is 0 Å². The molecule has 0 spiro atoms. The van der Waals surface area contributed by atoms with Gasteiger partial charge in [-0.05, 0) is 68.7 Å². The van der Waals surface area contributed by atoms with Gasteiger partial charge >= 0.3 is 0 Å². The minimum absolute atomic E-state index is 0.320. The maximum atomic E-state index is 12.9. The number of amides is 1. The zero-order chi connectivity index (χ0) is 15.4. The predicted molar refractivity (Wildman–Crippen MR) is 91.1 cm³/mol. The Labute approximate surface area is 134 Å². The Bertz CT molecular complexity index is 508. The fourth-order valence-corrected chi connectivity index (χ4v) is 3.92. The van der Waals surface area contributed by atoms with E-state index in [4.69, 9.17) is 0 Å². The van der Waals surface area contributed by atoms with Crippen LogP contribution in [0.5, 0.6) is 0 Å². The monoisotopic (exact) mass is 300 g/mol. The molecule has 1 N–H and O–H groups in total. The van der Waals surface area contributed by atoms with Crippen LogP contribution in [0.15, 0.2) is 24.3 Å². The number of piperidine rings is 1. The third-order valence-electron chi connectivity index (χ3n) is 5.35. The average molecular weight is 300 g/mol. The second kappa shape index (κ2) is 7.28. The van der Waals surface area contributed by atoms with Crippen LogP contribution in [0.1, 0.15) is 44.6 Å². The van der Waals surface area contributed by atoms with Gasteiger partial charge in [0.2, 0.25) is 5.91 Å². The molecule has 22 heavy (non-hydrogen) atoms.